The van der Waals surface area contributed by atoms with E-state index in [0.29, 0.717) is 32.1 Å². The summed E-state index contributed by atoms with van der Waals surface area (Å²) < 4.78 is 13.4. The van der Waals surface area contributed by atoms with Crippen LogP contribution >= 0.6 is 0 Å². The lowest BCUT2D eigenvalue weighted by Crippen LogP contribution is -2.54. The van der Waals surface area contributed by atoms with Crippen LogP contribution < -0.4 is 15.5 Å². The highest BCUT2D eigenvalue weighted by Crippen LogP contribution is 2.33. The summed E-state index contributed by atoms with van der Waals surface area (Å²) in [5.74, 6) is -0.118. The summed E-state index contributed by atoms with van der Waals surface area (Å²) >= 11 is 0. The standard InChI is InChI=1S/C20H27FN4O2/c1-20(8-4-18(26)23-20)13-22-19(27)24-9-6-16(7-10-24)25-11-5-14-12-15(21)2-3-17(14)25/h2-3,12,16H,4-11,13H2,1H3,(H,22,27)(H,23,26)/t20-/m1/s1. The first-order valence-electron chi connectivity index (χ1n) is 9.82. The van der Waals surface area contributed by atoms with Gasteiger partial charge in [0.1, 0.15) is 5.82 Å². The van der Waals surface area contributed by atoms with Crippen molar-refractivity contribution in [2.45, 2.75) is 50.6 Å². The summed E-state index contributed by atoms with van der Waals surface area (Å²) in [6.07, 6.45) is 4.00. The summed E-state index contributed by atoms with van der Waals surface area (Å²) in [5, 5.41) is 5.92. The molecule has 2 fully saturated rings. The Labute approximate surface area is 159 Å². The van der Waals surface area contributed by atoms with Crippen LogP contribution in [0.3, 0.4) is 0 Å². The van der Waals surface area contributed by atoms with Crippen LogP contribution in [0, 0.1) is 5.82 Å². The van der Waals surface area contributed by atoms with Crippen LogP contribution in [-0.4, -0.2) is 54.6 Å². The van der Waals surface area contributed by atoms with Crippen LogP contribution in [0.5, 0.6) is 0 Å². The SMILES string of the molecule is C[C@]1(CNC(=O)N2CCC(N3CCc4cc(F)ccc43)CC2)CCC(=O)N1. The van der Waals surface area contributed by atoms with Gasteiger partial charge in [0, 0.05) is 44.3 Å². The fraction of sp³-hybridized carbons (Fsp3) is 0.600. The van der Waals surface area contributed by atoms with E-state index in [-0.39, 0.29) is 23.3 Å². The van der Waals surface area contributed by atoms with Gasteiger partial charge in [0.15, 0.2) is 0 Å². The van der Waals surface area contributed by atoms with Crippen molar-refractivity contribution in [1.29, 1.82) is 0 Å². The molecule has 0 radical (unpaired) electrons. The molecule has 7 heteroatoms. The highest BCUT2D eigenvalue weighted by molar-refractivity contribution is 5.80. The number of halogens is 1. The molecule has 0 unspecified atom stereocenters. The molecule has 1 aromatic rings. The zero-order valence-electron chi connectivity index (χ0n) is 15.8. The Balaban J connectivity index is 1.28. The number of likely N-dealkylation sites (tertiary alicyclic amines) is 1. The van der Waals surface area contributed by atoms with Gasteiger partial charge in [-0.15, -0.1) is 0 Å². The molecule has 0 spiro atoms. The van der Waals surface area contributed by atoms with Crippen molar-refractivity contribution in [3.8, 4) is 0 Å². The number of benzene rings is 1. The van der Waals surface area contributed by atoms with E-state index in [1.165, 1.54) is 6.07 Å². The number of nitrogens with one attached hydrogen (secondary N) is 2. The van der Waals surface area contributed by atoms with Crippen LogP contribution in [0.15, 0.2) is 18.2 Å². The molecule has 2 saturated heterocycles. The molecule has 0 saturated carbocycles. The van der Waals surface area contributed by atoms with E-state index < -0.39 is 0 Å². The molecule has 4 rings (SSSR count). The van der Waals surface area contributed by atoms with E-state index in [1.807, 2.05) is 17.9 Å². The molecule has 3 heterocycles. The maximum Gasteiger partial charge on any atom is 0.317 e. The van der Waals surface area contributed by atoms with Gasteiger partial charge in [0.05, 0.1) is 5.54 Å². The molecule has 1 atom stereocenters. The number of carbonyl (C=O) groups is 2. The minimum Gasteiger partial charge on any atom is -0.368 e. The van der Waals surface area contributed by atoms with E-state index in [9.17, 15) is 14.0 Å². The van der Waals surface area contributed by atoms with Gasteiger partial charge < -0.3 is 20.4 Å². The number of hydrogen-bond acceptors (Lipinski definition) is 3. The third kappa shape index (κ3) is 3.73. The highest BCUT2D eigenvalue weighted by Gasteiger charge is 2.35. The number of fused-ring (bicyclic) bond motifs is 1. The monoisotopic (exact) mass is 374 g/mol. The number of piperidine rings is 1. The molecular formula is C20H27FN4O2. The average Bonchev–Trinajstić information content (AvgIpc) is 3.23. The molecule has 27 heavy (non-hydrogen) atoms. The number of rotatable bonds is 3. The fourth-order valence-electron chi connectivity index (χ4n) is 4.52. The van der Waals surface area contributed by atoms with Crippen molar-refractivity contribution >= 4 is 17.6 Å². The van der Waals surface area contributed by atoms with Crippen LogP contribution in [0.4, 0.5) is 14.9 Å². The lowest BCUT2D eigenvalue weighted by atomic mass is 10.0. The summed E-state index contributed by atoms with van der Waals surface area (Å²) in [4.78, 5) is 28.1. The van der Waals surface area contributed by atoms with Crippen LogP contribution in [0.25, 0.3) is 0 Å². The lowest BCUT2D eigenvalue weighted by molar-refractivity contribution is -0.119. The normalized spacial score (nSPS) is 25.5. The van der Waals surface area contributed by atoms with Gasteiger partial charge in [-0.05, 0) is 56.4 Å². The van der Waals surface area contributed by atoms with Crippen molar-refractivity contribution in [2.24, 2.45) is 0 Å². The molecule has 146 valence electrons. The average molecular weight is 374 g/mol. The van der Waals surface area contributed by atoms with E-state index in [2.05, 4.69) is 15.5 Å². The Morgan fingerprint density at radius 1 is 1.30 bits per heavy atom. The van der Waals surface area contributed by atoms with Crippen molar-refractivity contribution in [3.05, 3.63) is 29.6 Å². The van der Waals surface area contributed by atoms with Crippen LogP contribution in [-0.2, 0) is 11.2 Å². The third-order valence-corrected chi connectivity index (χ3v) is 6.14. The van der Waals surface area contributed by atoms with Gasteiger partial charge in [-0.1, -0.05) is 0 Å². The van der Waals surface area contributed by atoms with E-state index in [1.54, 1.807) is 6.07 Å². The van der Waals surface area contributed by atoms with Crippen molar-refractivity contribution < 1.29 is 14.0 Å². The van der Waals surface area contributed by atoms with Gasteiger partial charge >= 0.3 is 6.03 Å². The maximum absolute atomic E-state index is 13.4. The number of carbonyl (C=O) groups excluding carboxylic acids is 2. The molecule has 2 N–H and O–H groups in total. The zero-order valence-corrected chi connectivity index (χ0v) is 15.8. The number of hydrogen-bond donors (Lipinski definition) is 2. The van der Waals surface area contributed by atoms with E-state index in [0.717, 1.165) is 43.5 Å². The third-order valence-electron chi connectivity index (χ3n) is 6.14. The number of nitrogens with zero attached hydrogens (tertiary/aromatic N) is 2. The van der Waals surface area contributed by atoms with E-state index >= 15 is 0 Å². The summed E-state index contributed by atoms with van der Waals surface area (Å²) in [7, 11) is 0. The topological polar surface area (TPSA) is 64.7 Å². The Morgan fingerprint density at radius 3 is 2.78 bits per heavy atom. The van der Waals surface area contributed by atoms with Gasteiger partial charge in [0.25, 0.3) is 0 Å². The minimum absolute atomic E-state index is 0.0540. The first-order chi connectivity index (χ1) is 12.9. The second-order valence-electron chi connectivity index (χ2n) is 8.20. The Hall–Kier alpha value is -2.31. The molecule has 6 nitrogen and oxygen atoms in total. The van der Waals surface area contributed by atoms with Crippen LogP contribution in [0.1, 0.15) is 38.2 Å². The molecule has 3 aliphatic rings. The Kier molecular flexibility index (Phi) is 4.70. The number of urea groups is 1. The smallest absolute Gasteiger partial charge is 0.317 e. The molecule has 3 aliphatic heterocycles. The maximum atomic E-state index is 13.4. The Morgan fingerprint density at radius 2 is 2.07 bits per heavy atom. The first-order valence-corrected chi connectivity index (χ1v) is 9.82. The largest absolute Gasteiger partial charge is 0.368 e. The van der Waals surface area contributed by atoms with Crippen molar-refractivity contribution in [2.75, 3.05) is 31.1 Å². The van der Waals surface area contributed by atoms with Gasteiger partial charge in [-0.2, -0.15) is 0 Å². The van der Waals surface area contributed by atoms with Gasteiger partial charge in [-0.3, -0.25) is 4.79 Å². The second-order valence-corrected chi connectivity index (χ2v) is 8.20. The molecule has 3 amide bonds. The molecule has 1 aromatic carbocycles. The van der Waals surface area contributed by atoms with Gasteiger partial charge in [0.2, 0.25) is 5.91 Å². The number of anilines is 1. The zero-order chi connectivity index (χ0) is 19.0. The summed E-state index contributed by atoms with van der Waals surface area (Å²) in [6, 6.07) is 5.39. The lowest BCUT2D eigenvalue weighted by Gasteiger charge is -2.38. The quantitative estimate of drug-likeness (QED) is 0.851. The highest BCUT2D eigenvalue weighted by atomic mass is 19.1. The van der Waals surface area contributed by atoms with E-state index in [4.69, 9.17) is 0 Å². The predicted molar refractivity (Wildman–Crippen MR) is 101 cm³/mol. The second kappa shape index (κ2) is 7.02. The van der Waals surface area contributed by atoms with Crippen molar-refractivity contribution in [1.82, 2.24) is 15.5 Å². The van der Waals surface area contributed by atoms with Gasteiger partial charge in [-0.25, -0.2) is 9.18 Å². The van der Waals surface area contributed by atoms with Crippen molar-refractivity contribution in [3.63, 3.8) is 0 Å². The fourth-order valence-corrected chi connectivity index (χ4v) is 4.52. The van der Waals surface area contributed by atoms with Crippen LogP contribution in [0.2, 0.25) is 0 Å². The Bertz CT molecular complexity index is 747. The molecule has 0 aromatic heterocycles. The predicted octanol–water partition coefficient (Wildman–Crippen LogP) is 2.03. The number of amides is 3. The minimum atomic E-state index is -0.334. The molecule has 0 bridgehead atoms. The molecular weight excluding hydrogens is 347 g/mol. The first kappa shape index (κ1) is 18.1. The molecule has 0 aliphatic carbocycles. The summed E-state index contributed by atoms with van der Waals surface area (Å²) in [6.45, 7) is 4.79. The summed E-state index contributed by atoms with van der Waals surface area (Å²) in [5.41, 5.74) is 1.89.